The largest absolute Gasteiger partial charge is 0.313 e. The zero-order valence-electron chi connectivity index (χ0n) is 13.4. The predicted octanol–water partition coefficient (Wildman–Crippen LogP) is 3.04. The molecule has 1 aromatic rings. The molecule has 1 aromatic carbocycles. The molecule has 0 bridgehead atoms. The summed E-state index contributed by atoms with van der Waals surface area (Å²) in [7, 11) is -3.40. The van der Waals surface area contributed by atoms with E-state index in [0.717, 1.165) is 44.3 Å². The molecule has 21 heavy (non-hydrogen) atoms. The maximum atomic E-state index is 12.3. The van der Waals surface area contributed by atoms with Crippen LogP contribution in [-0.2, 0) is 16.6 Å². The van der Waals surface area contributed by atoms with Crippen LogP contribution < -0.4 is 10.0 Å². The molecule has 0 saturated heterocycles. The van der Waals surface area contributed by atoms with E-state index < -0.39 is 10.0 Å². The molecule has 0 aliphatic rings. The Morgan fingerprint density at radius 2 is 1.76 bits per heavy atom. The topological polar surface area (TPSA) is 58.2 Å². The Morgan fingerprint density at radius 1 is 1.10 bits per heavy atom. The first kappa shape index (κ1) is 18.1. The van der Waals surface area contributed by atoms with E-state index in [1.807, 2.05) is 19.1 Å². The van der Waals surface area contributed by atoms with Crippen molar-refractivity contribution in [2.24, 2.45) is 0 Å². The minimum atomic E-state index is -3.40. The molecule has 0 aromatic heterocycles. The highest BCUT2D eigenvalue weighted by Gasteiger charge is 2.16. The van der Waals surface area contributed by atoms with Crippen molar-refractivity contribution < 1.29 is 8.42 Å². The number of unbranched alkanes of at least 4 members (excludes halogenated alkanes) is 1. The number of hydrogen-bond acceptors (Lipinski definition) is 3. The lowest BCUT2D eigenvalue weighted by Gasteiger charge is -2.14. The quantitative estimate of drug-likeness (QED) is 0.653. The van der Waals surface area contributed by atoms with Crippen molar-refractivity contribution in [1.82, 2.24) is 10.0 Å². The lowest BCUT2D eigenvalue weighted by molar-refractivity contribution is 0.534. The molecule has 0 spiro atoms. The fraction of sp³-hybridized carbons (Fsp3) is 0.625. The summed E-state index contributed by atoms with van der Waals surface area (Å²) in [4.78, 5) is 0.338. The predicted molar refractivity (Wildman–Crippen MR) is 87.7 cm³/mol. The van der Waals surface area contributed by atoms with E-state index >= 15 is 0 Å². The normalized spacial score (nSPS) is 13.3. The molecule has 120 valence electrons. The van der Waals surface area contributed by atoms with Crippen LogP contribution in [0.25, 0.3) is 0 Å². The van der Waals surface area contributed by atoms with Crippen molar-refractivity contribution in [3.63, 3.8) is 0 Å². The average molecular weight is 312 g/mol. The number of sulfonamides is 1. The van der Waals surface area contributed by atoms with Crippen LogP contribution in [0.15, 0.2) is 29.2 Å². The van der Waals surface area contributed by atoms with Gasteiger partial charge >= 0.3 is 0 Å². The van der Waals surface area contributed by atoms with E-state index in [2.05, 4.69) is 23.9 Å². The minimum absolute atomic E-state index is 0.0270. The molecule has 0 amide bonds. The number of nitrogens with one attached hydrogen (secondary N) is 2. The van der Waals surface area contributed by atoms with Gasteiger partial charge in [-0.1, -0.05) is 38.8 Å². The monoisotopic (exact) mass is 312 g/mol. The van der Waals surface area contributed by atoms with Crippen LogP contribution in [0.3, 0.4) is 0 Å². The second kappa shape index (κ2) is 9.18. The van der Waals surface area contributed by atoms with Crippen molar-refractivity contribution in [1.29, 1.82) is 0 Å². The van der Waals surface area contributed by atoms with Gasteiger partial charge in [0.1, 0.15) is 0 Å². The van der Waals surface area contributed by atoms with Crippen molar-refractivity contribution in [2.45, 2.75) is 63.9 Å². The van der Waals surface area contributed by atoms with Gasteiger partial charge in [0, 0.05) is 12.6 Å². The first-order valence-corrected chi connectivity index (χ1v) is 9.30. The van der Waals surface area contributed by atoms with E-state index in [0.29, 0.717) is 4.90 Å². The van der Waals surface area contributed by atoms with Crippen LogP contribution in [-0.4, -0.2) is 21.0 Å². The van der Waals surface area contributed by atoms with Crippen LogP contribution in [0.1, 0.15) is 52.0 Å². The molecule has 0 aliphatic carbocycles. The summed E-state index contributed by atoms with van der Waals surface area (Å²) in [5.74, 6) is 0. The third-order valence-corrected chi connectivity index (χ3v) is 4.94. The summed E-state index contributed by atoms with van der Waals surface area (Å²) < 4.78 is 27.2. The summed E-state index contributed by atoms with van der Waals surface area (Å²) >= 11 is 0. The standard InChI is InChI=1S/C16H28N2O2S/c1-4-6-7-14(3)18-21(19,20)16-10-8-15(9-11-16)13-17-12-5-2/h8-11,14,17-18H,4-7,12-13H2,1-3H3. The molecular formula is C16H28N2O2S. The van der Waals surface area contributed by atoms with E-state index in [1.54, 1.807) is 12.1 Å². The lowest BCUT2D eigenvalue weighted by atomic mass is 10.2. The maximum Gasteiger partial charge on any atom is 0.240 e. The summed E-state index contributed by atoms with van der Waals surface area (Å²) in [5.41, 5.74) is 1.10. The highest BCUT2D eigenvalue weighted by atomic mass is 32.2. The van der Waals surface area contributed by atoms with Crippen molar-refractivity contribution in [3.8, 4) is 0 Å². The van der Waals surface area contributed by atoms with Crippen LogP contribution >= 0.6 is 0 Å². The van der Waals surface area contributed by atoms with E-state index in [-0.39, 0.29) is 6.04 Å². The van der Waals surface area contributed by atoms with Gasteiger partial charge in [0.2, 0.25) is 10.0 Å². The molecule has 0 radical (unpaired) electrons. The Hall–Kier alpha value is -0.910. The molecule has 2 N–H and O–H groups in total. The van der Waals surface area contributed by atoms with Gasteiger partial charge in [0.05, 0.1) is 4.90 Å². The SMILES string of the molecule is CCCCC(C)NS(=O)(=O)c1ccc(CNCCC)cc1. The van der Waals surface area contributed by atoms with Gasteiger partial charge in [0.15, 0.2) is 0 Å². The Labute approximate surface area is 129 Å². The second-order valence-electron chi connectivity index (χ2n) is 5.49. The van der Waals surface area contributed by atoms with Gasteiger partial charge in [-0.2, -0.15) is 0 Å². The molecule has 4 nitrogen and oxygen atoms in total. The molecule has 0 aliphatic heterocycles. The van der Waals surface area contributed by atoms with E-state index in [1.165, 1.54) is 0 Å². The Balaban J connectivity index is 2.62. The molecule has 1 atom stereocenters. The summed E-state index contributed by atoms with van der Waals surface area (Å²) in [5, 5.41) is 3.30. The van der Waals surface area contributed by atoms with Gasteiger partial charge in [0.25, 0.3) is 0 Å². The molecule has 1 rings (SSSR count). The van der Waals surface area contributed by atoms with Crippen LogP contribution in [0.2, 0.25) is 0 Å². The first-order chi connectivity index (χ1) is 9.99. The molecule has 0 fully saturated rings. The Kier molecular flexibility index (Phi) is 7.93. The Morgan fingerprint density at radius 3 is 2.33 bits per heavy atom. The maximum absolute atomic E-state index is 12.3. The number of benzene rings is 1. The van der Waals surface area contributed by atoms with Gasteiger partial charge in [-0.25, -0.2) is 13.1 Å². The molecule has 5 heteroatoms. The zero-order valence-corrected chi connectivity index (χ0v) is 14.2. The molecule has 1 unspecified atom stereocenters. The average Bonchev–Trinajstić information content (AvgIpc) is 2.45. The third-order valence-electron chi connectivity index (χ3n) is 3.34. The fourth-order valence-electron chi connectivity index (χ4n) is 2.10. The summed E-state index contributed by atoms with van der Waals surface area (Å²) in [6.07, 6.45) is 4.07. The highest BCUT2D eigenvalue weighted by molar-refractivity contribution is 7.89. The smallest absolute Gasteiger partial charge is 0.240 e. The molecule has 0 heterocycles. The number of rotatable bonds is 10. The zero-order chi connectivity index (χ0) is 15.7. The lowest BCUT2D eigenvalue weighted by Crippen LogP contribution is -2.32. The first-order valence-electron chi connectivity index (χ1n) is 7.81. The van der Waals surface area contributed by atoms with Crippen molar-refractivity contribution in [3.05, 3.63) is 29.8 Å². The summed E-state index contributed by atoms with van der Waals surface area (Å²) in [6, 6.07) is 7.07. The minimum Gasteiger partial charge on any atom is -0.313 e. The van der Waals surface area contributed by atoms with Crippen LogP contribution in [0.4, 0.5) is 0 Å². The third kappa shape index (κ3) is 6.59. The van der Waals surface area contributed by atoms with Gasteiger partial charge < -0.3 is 5.32 Å². The van der Waals surface area contributed by atoms with Crippen molar-refractivity contribution in [2.75, 3.05) is 6.54 Å². The number of hydrogen-bond donors (Lipinski definition) is 2. The van der Waals surface area contributed by atoms with Crippen LogP contribution in [0.5, 0.6) is 0 Å². The highest BCUT2D eigenvalue weighted by Crippen LogP contribution is 2.12. The fourth-order valence-corrected chi connectivity index (χ4v) is 3.38. The van der Waals surface area contributed by atoms with E-state index in [9.17, 15) is 8.42 Å². The Bertz CT molecular complexity index is 498. The summed E-state index contributed by atoms with van der Waals surface area (Å²) in [6.45, 7) is 7.88. The van der Waals surface area contributed by atoms with E-state index in [4.69, 9.17) is 0 Å². The van der Waals surface area contributed by atoms with Crippen molar-refractivity contribution >= 4 is 10.0 Å². The van der Waals surface area contributed by atoms with Gasteiger partial charge in [-0.05, 0) is 44.0 Å². The van der Waals surface area contributed by atoms with Gasteiger partial charge in [-0.3, -0.25) is 0 Å². The second-order valence-corrected chi connectivity index (χ2v) is 7.20. The van der Waals surface area contributed by atoms with Crippen LogP contribution in [0, 0.1) is 0 Å². The molecule has 0 saturated carbocycles. The van der Waals surface area contributed by atoms with Gasteiger partial charge in [-0.15, -0.1) is 0 Å². The molecular weight excluding hydrogens is 284 g/mol.